The van der Waals surface area contributed by atoms with Crippen LogP contribution in [0.5, 0.6) is 5.75 Å². The third-order valence-electron chi connectivity index (χ3n) is 4.19. The molecule has 0 unspecified atom stereocenters. The van der Waals surface area contributed by atoms with Crippen LogP contribution in [0, 0.1) is 0 Å². The van der Waals surface area contributed by atoms with Gasteiger partial charge in [-0.05, 0) is 69.3 Å². The molecule has 1 aliphatic heterocycles. The Hall–Kier alpha value is -2.37. The Morgan fingerprint density at radius 3 is 1.97 bits per heavy atom. The Balaban J connectivity index is 1.56. The van der Waals surface area contributed by atoms with Gasteiger partial charge in [0.15, 0.2) is 21.3 Å². The number of carbonyl (C=O) groups excluding carboxylic acids is 1. The van der Waals surface area contributed by atoms with Gasteiger partial charge in [0, 0.05) is 0 Å². The van der Waals surface area contributed by atoms with Crippen LogP contribution >= 0.6 is 11.8 Å². The molecule has 0 aliphatic carbocycles. The third kappa shape index (κ3) is 4.62. The monoisotopic (exact) mass is 423 g/mol. The Bertz CT molecular complexity index is 977. The molecule has 3 nitrogen and oxygen atoms in total. The Morgan fingerprint density at radius 1 is 0.862 bits per heavy atom. The number of hydrogen-bond acceptors (Lipinski definition) is 4. The van der Waals surface area contributed by atoms with Crippen LogP contribution < -0.4 is 4.74 Å². The lowest BCUT2D eigenvalue weighted by atomic mass is 10.2. The zero-order valence-corrected chi connectivity index (χ0v) is 18.3. The molecule has 0 saturated carbocycles. The lowest BCUT2D eigenvalue weighted by Crippen LogP contribution is -2.27. The molecule has 1 heterocycles. The molecule has 3 aromatic rings. The summed E-state index contributed by atoms with van der Waals surface area (Å²) in [5, 5.41) is 0. The van der Waals surface area contributed by atoms with Crippen molar-refractivity contribution in [2.45, 2.75) is 50.8 Å². The minimum absolute atomic E-state index is 0.0926. The third-order valence-corrected chi connectivity index (χ3v) is 7.94. The van der Waals surface area contributed by atoms with Crippen molar-refractivity contribution in [3.63, 3.8) is 0 Å². The maximum absolute atomic E-state index is 11.9. The van der Waals surface area contributed by atoms with Crippen LogP contribution in [0.4, 0.5) is 0 Å². The largest absolute Gasteiger partial charge is 0.482 e. The fourth-order valence-corrected chi connectivity index (χ4v) is 6.82. The minimum Gasteiger partial charge on any atom is -0.482 e. The summed E-state index contributed by atoms with van der Waals surface area (Å²) in [6.07, 6.45) is 0. The molecule has 1 aliphatic rings. The molecule has 0 radical (unpaired) electrons. The number of fused-ring (bicyclic) bond motifs is 2. The molecule has 0 amide bonds. The van der Waals surface area contributed by atoms with Crippen molar-refractivity contribution in [3.8, 4) is 5.75 Å². The average Bonchev–Trinajstić information content (AvgIpc) is 2.70. The molecule has 0 atom stereocenters. The van der Waals surface area contributed by atoms with Crippen LogP contribution in [0.1, 0.15) is 20.8 Å². The zero-order chi connectivity index (χ0) is 20.4. The van der Waals surface area contributed by atoms with E-state index in [1.54, 1.807) is 0 Å². The van der Waals surface area contributed by atoms with Crippen molar-refractivity contribution in [1.82, 2.24) is 0 Å². The highest BCUT2D eigenvalue weighted by Gasteiger charge is 2.37. The van der Waals surface area contributed by atoms with Crippen molar-refractivity contribution in [2.75, 3.05) is 6.61 Å². The first kappa shape index (κ1) is 19.9. The fraction of sp³-hybridized carbons (Fsp3) is 0.208. The van der Waals surface area contributed by atoms with E-state index in [1.165, 1.54) is 24.5 Å². The predicted molar refractivity (Wildman–Crippen MR) is 117 cm³/mol. The van der Waals surface area contributed by atoms with Gasteiger partial charge < -0.3 is 9.47 Å². The van der Waals surface area contributed by atoms with E-state index in [0.29, 0.717) is 5.75 Å². The summed E-state index contributed by atoms with van der Waals surface area (Å²) < 4.78 is 10.9. The van der Waals surface area contributed by atoms with Gasteiger partial charge in [-0.2, -0.15) is 0 Å². The second-order valence-corrected chi connectivity index (χ2v) is 10.7. The van der Waals surface area contributed by atoms with Gasteiger partial charge in [0.05, 0.1) is 9.79 Å². The van der Waals surface area contributed by atoms with E-state index in [4.69, 9.17) is 9.47 Å². The summed E-state index contributed by atoms with van der Waals surface area (Å²) in [7, 11) is -0.160. The normalized spacial score (nSPS) is 13.3. The van der Waals surface area contributed by atoms with E-state index in [2.05, 4.69) is 60.7 Å². The summed E-state index contributed by atoms with van der Waals surface area (Å²) in [4.78, 5) is 18.4. The molecule has 3 aromatic carbocycles. The molecular weight excluding hydrogens is 400 g/mol. The molecular formula is C24H23O3S2+. The first-order chi connectivity index (χ1) is 13.9. The van der Waals surface area contributed by atoms with E-state index in [9.17, 15) is 4.79 Å². The number of esters is 1. The average molecular weight is 424 g/mol. The summed E-state index contributed by atoms with van der Waals surface area (Å²) in [6, 6.07) is 25.2. The van der Waals surface area contributed by atoms with Gasteiger partial charge in [-0.3, -0.25) is 0 Å². The summed E-state index contributed by atoms with van der Waals surface area (Å²) in [5.74, 6) is 0.298. The zero-order valence-electron chi connectivity index (χ0n) is 16.7. The van der Waals surface area contributed by atoms with Gasteiger partial charge in [0.1, 0.15) is 22.2 Å². The standard InChI is InChI=1S/C24H23O3S2/c1-24(2,3)27-23(25)16-26-17-12-14-18(15-13-17)29-21-10-6-4-8-19(21)28-20-9-5-7-11-22(20)29/h4-15H,16H2,1-3H3/q+1. The number of ether oxygens (including phenoxy) is 2. The second-order valence-electron chi connectivity index (χ2n) is 7.65. The van der Waals surface area contributed by atoms with Gasteiger partial charge in [0.25, 0.3) is 0 Å². The van der Waals surface area contributed by atoms with Crippen LogP contribution in [0.15, 0.2) is 97.3 Å². The van der Waals surface area contributed by atoms with Gasteiger partial charge in [0.2, 0.25) is 0 Å². The Kier molecular flexibility index (Phi) is 5.61. The highest BCUT2D eigenvalue weighted by Crippen LogP contribution is 2.48. The van der Waals surface area contributed by atoms with Gasteiger partial charge in [-0.25, -0.2) is 4.79 Å². The maximum atomic E-state index is 11.9. The first-order valence-corrected chi connectivity index (χ1v) is 11.5. The Morgan fingerprint density at radius 2 is 1.41 bits per heavy atom. The van der Waals surface area contributed by atoms with Crippen LogP contribution in [-0.2, 0) is 20.4 Å². The summed E-state index contributed by atoms with van der Waals surface area (Å²) in [5.41, 5.74) is -0.509. The molecule has 0 bridgehead atoms. The van der Waals surface area contributed by atoms with Crippen LogP contribution in [0.2, 0.25) is 0 Å². The molecule has 0 spiro atoms. The smallest absolute Gasteiger partial charge is 0.344 e. The topological polar surface area (TPSA) is 35.5 Å². The molecule has 29 heavy (non-hydrogen) atoms. The lowest BCUT2D eigenvalue weighted by molar-refractivity contribution is -0.157. The van der Waals surface area contributed by atoms with Crippen molar-refractivity contribution in [3.05, 3.63) is 72.8 Å². The Labute approximate surface area is 178 Å². The highest BCUT2D eigenvalue weighted by molar-refractivity contribution is 8.04. The van der Waals surface area contributed by atoms with Crippen LogP contribution in [0.25, 0.3) is 0 Å². The highest BCUT2D eigenvalue weighted by atomic mass is 32.2. The molecule has 0 fully saturated rings. The van der Waals surface area contributed by atoms with Crippen molar-refractivity contribution in [2.24, 2.45) is 0 Å². The maximum Gasteiger partial charge on any atom is 0.344 e. The number of benzene rings is 3. The molecule has 0 saturated heterocycles. The molecule has 0 N–H and O–H groups in total. The molecule has 0 aromatic heterocycles. The van der Waals surface area contributed by atoms with E-state index in [-0.39, 0.29) is 23.5 Å². The minimum atomic E-state index is -0.509. The summed E-state index contributed by atoms with van der Waals surface area (Å²) >= 11 is 1.83. The number of carbonyl (C=O) groups is 1. The molecule has 5 heteroatoms. The fourth-order valence-electron chi connectivity index (χ4n) is 3.08. The number of rotatable bonds is 4. The van der Waals surface area contributed by atoms with Crippen molar-refractivity contribution >= 4 is 28.6 Å². The van der Waals surface area contributed by atoms with Crippen molar-refractivity contribution < 1.29 is 14.3 Å². The number of hydrogen-bond donors (Lipinski definition) is 0. The van der Waals surface area contributed by atoms with E-state index in [1.807, 2.05) is 44.7 Å². The molecule has 148 valence electrons. The quantitative estimate of drug-likeness (QED) is 0.299. The lowest BCUT2D eigenvalue weighted by Gasteiger charge is -2.20. The SMILES string of the molecule is CC(C)(C)OC(=O)COc1ccc([S+]2c3ccccc3Sc3ccccc32)cc1. The van der Waals surface area contributed by atoms with Gasteiger partial charge >= 0.3 is 5.97 Å². The summed E-state index contributed by atoms with van der Waals surface area (Å²) in [6.45, 7) is 5.45. The molecule has 4 rings (SSSR count). The van der Waals surface area contributed by atoms with Crippen LogP contribution in [0.3, 0.4) is 0 Å². The predicted octanol–water partition coefficient (Wildman–Crippen LogP) is 5.97. The van der Waals surface area contributed by atoms with Crippen LogP contribution in [-0.4, -0.2) is 18.2 Å². The first-order valence-electron chi connectivity index (χ1n) is 9.46. The van der Waals surface area contributed by atoms with E-state index in [0.717, 1.165) is 0 Å². The van der Waals surface area contributed by atoms with E-state index >= 15 is 0 Å². The van der Waals surface area contributed by atoms with Gasteiger partial charge in [-0.1, -0.05) is 36.0 Å². The van der Waals surface area contributed by atoms with Gasteiger partial charge in [-0.15, -0.1) is 0 Å². The second kappa shape index (κ2) is 8.17. The van der Waals surface area contributed by atoms with E-state index < -0.39 is 5.60 Å². The van der Waals surface area contributed by atoms with Crippen molar-refractivity contribution in [1.29, 1.82) is 0 Å².